The highest BCUT2D eigenvalue weighted by atomic mass is 32.2. The number of nitrogens with zero attached hydrogens (tertiary/aromatic N) is 1. The number of benzene rings is 1. The van der Waals surface area contributed by atoms with Gasteiger partial charge >= 0.3 is 0 Å². The quantitative estimate of drug-likeness (QED) is 0.928. The van der Waals surface area contributed by atoms with Crippen LogP contribution in [-0.2, 0) is 16.6 Å². The largest absolute Gasteiger partial charge is 0.326 e. The van der Waals surface area contributed by atoms with Gasteiger partial charge in [-0.25, -0.2) is 12.8 Å². The molecule has 1 aromatic rings. The molecule has 0 aliphatic heterocycles. The Kier molecular flexibility index (Phi) is 5.01. The fourth-order valence-corrected chi connectivity index (χ4v) is 4.40. The Balaban J connectivity index is 2.28. The summed E-state index contributed by atoms with van der Waals surface area (Å²) in [4.78, 5) is -0.263. The maximum atomic E-state index is 14.1. The van der Waals surface area contributed by atoms with Crippen LogP contribution in [0.5, 0.6) is 0 Å². The third-order valence-electron chi connectivity index (χ3n) is 4.31. The molecule has 118 valence electrons. The third-order valence-corrected chi connectivity index (χ3v) is 6.26. The Morgan fingerprint density at radius 2 is 2.10 bits per heavy atom. The van der Waals surface area contributed by atoms with Crippen LogP contribution in [0.2, 0.25) is 0 Å². The van der Waals surface area contributed by atoms with Gasteiger partial charge in [0.1, 0.15) is 10.7 Å². The van der Waals surface area contributed by atoms with Gasteiger partial charge in [-0.15, -0.1) is 0 Å². The van der Waals surface area contributed by atoms with E-state index in [-0.39, 0.29) is 17.5 Å². The standard InChI is InChI=1S/C15H23FN2O2S/c1-11-4-3-5-13(8-11)18(2)21(19,20)15-7-6-12(10-17)9-14(15)16/h6-7,9,11,13H,3-5,8,10,17H2,1-2H3. The normalized spacial score (nSPS) is 23.5. The Bertz CT molecular complexity index is 604. The number of halogens is 1. The highest BCUT2D eigenvalue weighted by Gasteiger charge is 2.32. The average Bonchev–Trinajstić information content (AvgIpc) is 2.45. The predicted octanol–water partition coefficient (Wildman–Crippen LogP) is 2.48. The molecule has 0 saturated heterocycles. The van der Waals surface area contributed by atoms with Crippen molar-refractivity contribution in [1.82, 2.24) is 4.31 Å². The summed E-state index contributed by atoms with van der Waals surface area (Å²) in [5.41, 5.74) is 6.03. The molecule has 4 nitrogen and oxygen atoms in total. The molecule has 0 aromatic heterocycles. The van der Waals surface area contributed by atoms with Gasteiger partial charge in [0, 0.05) is 19.6 Å². The van der Waals surface area contributed by atoms with Crippen LogP contribution in [0.15, 0.2) is 23.1 Å². The van der Waals surface area contributed by atoms with E-state index in [2.05, 4.69) is 6.92 Å². The van der Waals surface area contributed by atoms with Crippen LogP contribution >= 0.6 is 0 Å². The topological polar surface area (TPSA) is 63.4 Å². The minimum Gasteiger partial charge on any atom is -0.326 e. The van der Waals surface area contributed by atoms with Crippen molar-refractivity contribution in [2.45, 2.75) is 50.1 Å². The van der Waals surface area contributed by atoms with E-state index in [1.807, 2.05) is 0 Å². The van der Waals surface area contributed by atoms with Gasteiger partial charge in [0.25, 0.3) is 0 Å². The first-order valence-electron chi connectivity index (χ1n) is 7.32. The zero-order valence-electron chi connectivity index (χ0n) is 12.5. The van der Waals surface area contributed by atoms with E-state index in [1.165, 1.54) is 16.4 Å². The molecule has 6 heteroatoms. The van der Waals surface area contributed by atoms with E-state index in [4.69, 9.17) is 5.73 Å². The van der Waals surface area contributed by atoms with Crippen LogP contribution in [0.25, 0.3) is 0 Å². The summed E-state index contributed by atoms with van der Waals surface area (Å²) in [5, 5.41) is 0. The molecule has 1 fully saturated rings. The number of hydrogen-bond acceptors (Lipinski definition) is 3. The van der Waals surface area contributed by atoms with Crippen LogP contribution in [0, 0.1) is 11.7 Å². The second-order valence-corrected chi connectivity index (χ2v) is 7.88. The van der Waals surface area contributed by atoms with Crippen molar-refractivity contribution in [3.8, 4) is 0 Å². The highest BCUT2D eigenvalue weighted by Crippen LogP contribution is 2.30. The van der Waals surface area contributed by atoms with Crippen molar-refractivity contribution in [2.24, 2.45) is 11.7 Å². The summed E-state index contributed by atoms with van der Waals surface area (Å²) in [6.45, 7) is 2.32. The molecule has 2 N–H and O–H groups in total. The summed E-state index contributed by atoms with van der Waals surface area (Å²) in [7, 11) is -2.25. The first-order chi connectivity index (χ1) is 9.86. The summed E-state index contributed by atoms with van der Waals surface area (Å²) in [6, 6.07) is 4.03. The van der Waals surface area contributed by atoms with Gasteiger partial charge in [0.05, 0.1) is 0 Å². The van der Waals surface area contributed by atoms with Crippen LogP contribution < -0.4 is 5.73 Å². The van der Waals surface area contributed by atoms with Crippen LogP contribution in [0.4, 0.5) is 4.39 Å². The van der Waals surface area contributed by atoms with Gasteiger partial charge < -0.3 is 5.73 Å². The maximum Gasteiger partial charge on any atom is 0.245 e. The Hall–Kier alpha value is -0.980. The summed E-state index contributed by atoms with van der Waals surface area (Å²) in [6.07, 6.45) is 3.81. The zero-order chi connectivity index (χ0) is 15.6. The Morgan fingerprint density at radius 3 is 2.67 bits per heavy atom. The molecule has 2 atom stereocenters. The van der Waals surface area contributed by atoms with Gasteiger partial charge in [-0.05, 0) is 36.5 Å². The minimum atomic E-state index is -3.80. The second kappa shape index (κ2) is 6.42. The van der Waals surface area contributed by atoms with Gasteiger partial charge in [0.15, 0.2) is 0 Å². The van der Waals surface area contributed by atoms with E-state index < -0.39 is 15.8 Å². The third kappa shape index (κ3) is 3.44. The molecular weight excluding hydrogens is 291 g/mol. The van der Waals surface area contributed by atoms with E-state index in [0.29, 0.717) is 11.5 Å². The van der Waals surface area contributed by atoms with Crippen molar-refractivity contribution in [3.63, 3.8) is 0 Å². The highest BCUT2D eigenvalue weighted by molar-refractivity contribution is 7.89. The lowest BCUT2D eigenvalue weighted by Crippen LogP contribution is -2.40. The molecule has 21 heavy (non-hydrogen) atoms. The smallest absolute Gasteiger partial charge is 0.245 e. The lowest BCUT2D eigenvalue weighted by molar-refractivity contribution is 0.238. The zero-order valence-corrected chi connectivity index (χ0v) is 13.4. The molecule has 1 aromatic carbocycles. The average molecular weight is 314 g/mol. The van der Waals surface area contributed by atoms with Crippen molar-refractivity contribution in [3.05, 3.63) is 29.6 Å². The molecule has 0 spiro atoms. The van der Waals surface area contributed by atoms with Gasteiger partial charge in [-0.1, -0.05) is 25.8 Å². The second-order valence-electron chi connectivity index (χ2n) is 5.92. The number of hydrogen-bond donors (Lipinski definition) is 1. The van der Waals surface area contributed by atoms with Crippen LogP contribution in [-0.4, -0.2) is 25.8 Å². The molecule has 1 aliphatic rings. The number of nitrogens with two attached hydrogens (primary N) is 1. The van der Waals surface area contributed by atoms with Crippen molar-refractivity contribution >= 4 is 10.0 Å². The molecule has 0 heterocycles. The molecule has 2 unspecified atom stereocenters. The first kappa shape index (κ1) is 16.4. The van der Waals surface area contributed by atoms with E-state index >= 15 is 0 Å². The van der Waals surface area contributed by atoms with Gasteiger partial charge in [-0.3, -0.25) is 0 Å². The van der Waals surface area contributed by atoms with Crippen LogP contribution in [0.3, 0.4) is 0 Å². The van der Waals surface area contributed by atoms with Gasteiger partial charge in [-0.2, -0.15) is 4.31 Å². The minimum absolute atomic E-state index is 0.0488. The fourth-order valence-electron chi connectivity index (χ4n) is 2.96. The first-order valence-corrected chi connectivity index (χ1v) is 8.76. The number of rotatable bonds is 4. The molecule has 1 saturated carbocycles. The lowest BCUT2D eigenvalue weighted by Gasteiger charge is -2.33. The SMILES string of the molecule is CC1CCCC(N(C)S(=O)(=O)c2ccc(CN)cc2F)C1. The van der Waals surface area contributed by atoms with Crippen molar-refractivity contribution < 1.29 is 12.8 Å². The summed E-state index contributed by atoms with van der Waals surface area (Å²) in [5.74, 6) is -0.223. The summed E-state index contributed by atoms with van der Waals surface area (Å²) < 4.78 is 40.6. The molecule has 2 rings (SSSR count). The van der Waals surface area contributed by atoms with E-state index in [9.17, 15) is 12.8 Å². The molecule has 1 aliphatic carbocycles. The van der Waals surface area contributed by atoms with E-state index in [0.717, 1.165) is 25.7 Å². The fraction of sp³-hybridized carbons (Fsp3) is 0.600. The van der Waals surface area contributed by atoms with Gasteiger partial charge in [0.2, 0.25) is 10.0 Å². The maximum absolute atomic E-state index is 14.1. The van der Waals surface area contributed by atoms with Crippen molar-refractivity contribution in [2.75, 3.05) is 7.05 Å². The van der Waals surface area contributed by atoms with E-state index in [1.54, 1.807) is 13.1 Å². The van der Waals surface area contributed by atoms with Crippen LogP contribution in [0.1, 0.15) is 38.2 Å². The lowest BCUT2D eigenvalue weighted by atomic mass is 9.87. The summed E-state index contributed by atoms with van der Waals surface area (Å²) >= 11 is 0. The molecule has 0 bridgehead atoms. The Labute approximate surface area is 126 Å². The molecule has 0 amide bonds. The monoisotopic (exact) mass is 314 g/mol. The number of sulfonamides is 1. The Morgan fingerprint density at radius 1 is 1.38 bits per heavy atom. The predicted molar refractivity (Wildman–Crippen MR) is 80.7 cm³/mol. The molecule has 0 radical (unpaired) electrons. The van der Waals surface area contributed by atoms with Crippen molar-refractivity contribution in [1.29, 1.82) is 0 Å². The molecular formula is C15H23FN2O2S.